The zero-order chi connectivity index (χ0) is 18.5. The summed E-state index contributed by atoms with van der Waals surface area (Å²) in [5.41, 5.74) is 3.97. The Balaban J connectivity index is 1.58. The molecular formula is C26H17NO. The first-order chi connectivity index (χ1) is 13.9. The monoisotopic (exact) mass is 359 g/mol. The molecule has 0 aliphatic carbocycles. The van der Waals surface area contributed by atoms with Crippen molar-refractivity contribution in [3.63, 3.8) is 0 Å². The van der Waals surface area contributed by atoms with Crippen LogP contribution in [0.15, 0.2) is 101 Å². The molecule has 132 valence electrons. The van der Waals surface area contributed by atoms with Gasteiger partial charge in [0.25, 0.3) is 0 Å². The third kappa shape index (κ3) is 2.28. The Morgan fingerprint density at radius 3 is 2.11 bits per heavy atom. The van der Waals surface area contributed by atoms with E-state index >= 15 is 0 Å². The molecule has 0 spiro atoms. The zero-order valence-corrected chi connectivity index (χ0v) is 15.1. The first kappa shape index (κ1) is 15.3. The lowest BCUT2D eigenvalue weighted by Gasteiger charge is -2.12. The van der Waals surface area contributed by atoms with E-state index in [9.17, 15) is 0 Å². The Kier molecular flexibility index (Phi) is 3.20. The van der Waals surface area contributed by atoms with Gasteiger partial charge in [0.1, 0.15) is 11.2 Å². The molecule has 28 heavy (non-hydrogen) atoms. The summed E-state index contributed by atoms with van der Waals surface area (Å²) in [6, 6.07) is 33.8. The minimum absolute atomic E-state index is 0.900. The lowest BCUT2D eigenvalue weighted by Crippen LogP contribution is -1.92. The van der Waals surface area contributed by atoms with E-state index in [1.165, 1.54) is 21.5 Å². The van der Waals surface area contributed by atoms with E-state index in [1.807, 2.05) is 24.3 Å². The highest BCUT2D eigenvalue weighted by Gasteiger charge is 2.11. The van der Waals surface area contributed by atoms with Crippen molar-refractivity contribution in [1.82, 2.24) is 0 Å². The van der Waals surface area contributed by atoms with Crippen LogP contribution in [0.1, 0.15) is 0 Å². The fourth-order valence-corrected chi connectivity index (χ4v) is 4.10. The van der Waals surface area contributed by atoms with Crippen molar-refractivity contribution < 1.29 is 4.42 Å². The second-order valence-electron chi connectivity index (χ2n) is 7.13. The summed E-state index contributed by atoms with van der Waals surface area (Å²) < 4.78 is 6.04. The van der Waals surface area contributed by atoms with Crippen LogP contribution in [0.5, 0.6) is 0 Å². The van der Waals surface area contributed by atoms with E-state index in [2.05, 4.69) is 78.1 Å². The smallest absolute Gasteiger partial charge is 0.137 e. The summed E-state index contributed by atoms with van der Waals surface area (Å²) in [6.07, 6.45) is 0. The summed E-state index contributed by atoms with van der Waals surface area (Å²) in [5.74, 6) is 0. The van der Waals surface area contributed by atoms with Gasteiger partial charge in [0.2, 0.25) is 0 Å². The van der Waals surface area contributed by atoms with Gasteiger partial charge in [0.05, 0.1) is 11.1 Å². The number of para-hydroxylation sites is 1. The van der Waals surface area contributed by atoms with Crippen molar-refractivity contribution in [2.45, 2.75) is 0 Å². The van der Waals surface area contributed by atoms with Crippen molar-refractivity contribution in [1.29, 1.82) is 0 Å². The molecule has 0 saturated heterocycles. The largest absolute Gasteiger partial charge is 0.456 e. The third-order valence-electron chi connectivity index (χ3n) is 5.42. The van der Waals surface area contributed by atoms with E-state index in [0.717, 1.165) is 33.3 Å². The average molecular weight is 359 g/mol. The van der Waals surface area contributed by atoms with Gasteiger partial charge in [0, 0.05) is 16.5 Å². The van der Waals surface area contributed by atoms with Crippen molar-refractivity contribution in [2.24, 2.45) is 0 Å². The molecule has 6 rings (SSSR count). The highest BCUT2D eigenvalue weighted by atomic mass is 16.3. The molecule has 2 heteroatoms. The molecule has 0 bridgehead atoms. The van der Waals surface area contributed by atoms with Gasteiger partial charge in [-0.1, -0.05) is 60.7 Å². The van der Waals surface area contributed by atoms with Gasteiger partial charge in [-0.2, -0.15) is 0 Å². The predicted molar refractivity (Wildman–Crippen MR) is 118 cm³/mol. The summed E-state index contributed by atoms with van der Waals surface area (Å²) in [6.45, 7) is 0. The van der Waals surface area contributed by atoms with Crippen LogP contribution >= 0.6 is 0 Å². The lowest BCUT2D eigenvalue weighted by molar-refractivity contribution is 0.669. The predicted octanol–water partition coefficient (Wildman–Crippen LogP) is 7.64. The van der Waals surface area contributed by atoms with E-state index < -0.39 is 0 Å². The van der Waals surface area contributed by atoms with Gasteiger partial charge in [-0.3, -0.25) is 0 Å². The molecule has 5 aromatic carbocycles. The average Bonchev–Trinajstić information content (AvgIpc) is 3.12. The number of furan rings is 1. The summed E-state index contributed by atoms with van der Waals surface area (Å²) in [5, 5.41) is 10.9. The van der Waals surface area contributed by atoms with Crippen molar-refractivity contribution in [3.8, 4) is 0 Å². The van der Waals surface area contributed by atoms with Crippen LogP contribution in [-0.2, 0) is 0 Å². The fourth-order valence-electron chi connectivity index (χ4n) is 4.10. The Hall–Kier alpha value is -3.78. The Morgan fingerprint density at radius 2 is 1.18 bits per heavy atom. The molecule has 0 atom stereocenters. The highest BCUT2D eigenvalue weighted by Crippen LogP contribution is 2.37. The molecule has 2 nitrogen and oxygen atoms in total. The molecule has 0 saturated carbocycles. The van der Waals surface area contributed by atoms with E-state index in [4.69, 9.17) is 4.42 Å². The van der Waals surface area contributed by atoms with Crippen LogP contribution in [0.25, 0.3) is 43.5 Å². The highest BCUT2D eigenvalue weighted by molar-refractivity contribution is 6.13. The van der Waals surface area contributed by atoms with Crippen molar-refractivity contribution in [3.05, 3.63) is 97.1 Å². The third-order valence-corrected chi connectivity index (χ3v) is 5.42. The van der Waals surface area contributed by atoms with Gasteiger partial charge in [-0.05, 0) is 52.6 Å². The topological polar surface area (TPSA) is 25.2 Å². The number of nitrogens with one attached hydrogen (secondary N) is 1. The molecule has 1 N–H and O–H groups in total. The van der Waals surface area contributed by atoms with Crippen LogP contribution in [0.4, 0.5) is 11.4 Å². The quantitative estimate of drug-likeness (QED) is 0.321. The molecule has 0 fully saturated rings. The summed E-state index contributed by atoms with van der Waals surface area (Å²) >= 11 is 0. The van der Waals surface area contributed by atoms with Crippen molar-refractivity contribution >= 4 is 54.9 Å². The van der Waals surface area contributed by atoms with E-state index in [1.54, 1.807) is 0 Å². The second-order valence-corrected chi connectivity index (χ2v) is 7.13. The fraction of sp³-hybridized carbons (Fsp3) is 0. The molecule has 0 amide bonds. The summed E-state index contributed by atoms with van der Waals surface area (Å²) in [7, 11) is 0. The number of benzene rings is 5. The molecule has 0 radical (unpaired) electrons. The van der Waals surface area contributed by atoms with Crippen LogP contribution in [0, 0.1) is 0 Å². The van der Waals surface area contributed by atoms with E-state index in [0.29, 0.717) is 0 Å². The first-order valence-electron chi connectivity index (χ1n) is 9.46. The lowest BCUT2D eigenvalue weighted by atomic mass is 10.0. The van der Waals surface area contributed by atoms with E-state index in [-0.39, 0.29) is 0 Å². The minimum Gasteiger partial charge on any atom is -0.456 e. The minimum atomic E-state index is 0.900. The summed E-state index contributed by atoms with van der Waals surface area (Å²) in [4.78, 5) is 0. The van der Waals surface area contributed by atoms with Gasteiger partial charge < -0.3 is 9.73 Å². The first-order valence-corrected chi connectivity index (χ1v) is 9.46. The van der Waals surface area contributed by atoms with Crippen LogP contribution in [0.3, 0.4) is 0 Å². The van der Waals surface area contributed by atoms with Gasteiger partial charge in [-0.25, -0.2) is 0 Å². The van der Waals surface area contributed by atoms with Gasteiger partial charge >= 0.3 is 0 Å². The Morgan fingerprint density at radius 1 is 0.500 bits per heavy atom. The second kappa shape index (κ2) is 5.86. The molecule has 6 aromatic rings. The maximum atomic E-state index is 6.04. The maximum Gasteiger partial charge on any atom is 0.137 e. The number of hydrogen-bond acceptors (Lipinski definition) is 2. The Bertz CT molecular complexity index is 1490. The number of anilines is 2. The maximum absolute atomic E-state index is 6.04. The SMILES string of the molecule is c1ccc2cc3c(Nc4cccc5oc6ccccc6c45)cccc3cc2c1. The normalized spacial score (nSPS) is 11.6. The number of fused-ring (bicyclic) bond motifs is 5. The molecule has 1 aromatic heterocycles. The van der Waals surface area contributed by atoms with Gasteiger partial charge in [-0.15, -0.1) is 0 Å². The molecular weight excluding hydrogens is 342 g/mol. The van der Waals surface area contributed by atoms with Crippen LogP contribution in [0.2, 0.25) is 0 Å². The van der Waals surface area contributed by atoms with Crippen LogP contribution < -0.4 is 5.32 Å². The van der Waals surface area contributed by atoms with Crippen LogP contribution in [-0.4, -0.2) is 0 Å². The molecule has 0 aliphatic rings. The zero-order valence-electron chi connectivity index (χ0n) is 15.1. The molecule has 0 aliphatic heterocycles. The Labute approximate surface area is 162 Å². The molecule has 0 unspecified atom stereocenters. The number of hydrogen-bond donors (Lipinski definition) is 1. The standard InChI is InChI=1S/C26H17NO/c1-2-8-18-16-21-19(15-17(18)7-1)9-5-11-22(21)27-23-12-6-14-25-26(23)20-10-3-4-13-24(20)28-25/h1-16,27H. The van der Waals surface area contributed by atoms with Crippen molar-refractivity contribution in [2.75, 3.05) is 5.32 Å². The van der Waals surface area contributed by atoms with Gasteiger partial charge in [0.15, 0.2) is 0 Å². The molecule has 1 heterocycles. The number of rotatable bonds is 2.